The molecule has 0 radical (unpaired) electrons. The predicted molar refractivity (Wildman–Crippen MR) is 72.0 cm³/mol. The molecule has 0 spiro atoms. The van der Waals surface area contributed by atoms with E-state index in [1.165, 1.54) is 18.2 Å². The van der Waals surface area contributed by atoms with Crippen molar-refractivity contribution in [1.82, 2.24) is 4.31 Å². The minimum absolute atomic E-state index is 0.115. The summed E-state index contributed by atoms with van der Waals surface area (Å²) in [5.41, 5.74) is 6.14. The average molecular weight is 293 g/mol. The number of carbonyl (C=O) groups excluding carboxylic acids is 1. The molecule has 1 aliphatic heterocycles. The van der Waals surface area contributed by atoms with Crippen LogP contribution in [0, 0.1) is 18.3 Å². The Hall–Kier alpha value is -1.91. The Morgan fingerprint density at radius 1 is 1.50 bits per heavy atom. The second kappa shape index (κ2) is 5.23. The molecule has 7 heteroatoms. The van der Waals surface area contributed by atoms with Crippen LogP contribution >= 0.6 is 0 Å². The summed E-state index contributed by atoms with van der Waals surface area (Å²) in [6, 6.07) is 5.55. The highest BCUT2D eigenvalue weighted by molar-refractivity contribution is 7.89. The number of nitrogens with zero attached hydrogens (tertiary/aromatic N) is 2. The van der Waals surface area contributed by atoms with Crippen molar-refractivity contribution in [3.8, 4) is 6.07 Å². The van der Waals surface area contributed by atoms with E-state index in [0.29, 0.717) is 24.0 Å². The van der Waals surface area contributed by atoms with E-state index in [4.69, 9.17) is 11.0 Å². The van der Waals surface area contributed by atoms with Gasteiger partial charge in [0, 0.05) is 6.54 Å². The Morgan fingerprint density at radius 3 is 2.75 bits per heavy atom. The van der Waals surface area contributed by atoms with Gasteiger partial charge < -0.3 is 5.73 Å². The summed E-state index contributed by atoms with van der Waals surface area (Å²) < 4.78 is 26.4. The maximum absolute atomic E-state index is 12.6. The number of sulfonamides is 1. The zero-order chi connectivity index (χ0) is 14.9. The third-order valence-electron chi connectivity index (χ3n) is 3.42. The molecule has 106 valence electrons. The van der Waals surface area contributed by atoms with Gasteiger partial charge in [-0.3, -0.25) is 4.79 Å². The zero-order valence-corrected chi connectivity index (χ0v) is 11.9. The molecule has 1 aromatic rings. The molecule has 2 rings (SSSR count). The highest BCUT2D eigenvalue weighted by atomic mass is 32.2. The number of nitrogens with two attached hydrogens (primary N) is 1. The van der Waals surface area contributed by atoms with E-state index < -0.39 is 22.0 Å². The molecular weight excluding hydrogens is 278 g/mol. The van der Waals surface area contributed by atoms with E-state index in [0.717, 1.165) is 4.31 Å². The number of carbonyl (C=O) groups is 1. The molecule has 6 nitrogen and oxygen atoms in total. The topological polar surface area (TPSA) is 104 Å². The summed E-state index contributed by atoms with van der Waals surface area (Å²) in [5.74, 6) is -0.627. The fourth-order valence-electron chi connectivity index (χ4n) is 2.45. The van der Waals surface area contributed by atoms with Crippen molar-refractivity contribution >= 4 is 15.9 Å². The van der Waals surface area contributed by atoms with Gasteiger partial charge in [-0.2, -0.15) is 9.57 Å². The van der Waals surface area contributed by atoms with Crippen LogP contribution in [0.4, 0.5) is 0 Å². The fraction of sp³-hybridized carbons (Fsp3) is 0.385. The van der Waals surface area contributed by atoms with Gasteiger partial charge in [0.15, 0.2) is 0 Å². The van der Waals surface area contributed by atoms with Crippen molar-refractivity contribution in [2.24, 2.45) is 5.73 Å². The molecule has 20 heavy (non-hydrogen) atoms. The molecule has 2 N–H and O–H groups in total. The van der Waals surface area contributed by atoms with Crippen LogP contribution in [0.25, 0.3) is 0 Å². The molecule has 1 amide bonds. The number of aryl methyl sites for hydroxylation is 1. The second-order valence-corrected chi connectivity index (χ2v) is 6.63. The summed E-state index contributed by atoms with van der Waals surface area (Å²) >= 11 is 0. The van der Waals surface area contributed by atoms with Crippen molar-refractivity contribution in [3.05, 3.63) is 29.3 Å². The van der Waals surface area contributed by atoms with E-state index in [-0.39, 0.29) is 11.4 Å². The normalized spacial score (nSPS) is 19.7. The summed E-state index contributed by atoms with van der Waals surface area (Å²) in [5, 5.41) is 8.81. The first-order valence-electron chi connectivity index (χ1n) is 6.20. The number of primary amides is 1. The van der Waals surface area contributed by atoms with Gasteiger partial charge in [-0.05, 0) is 43.5 Å². The lowest BCUT2D eigenvalue weighted by Gasteiger charge is -2.22. The average Bonchev–Trinajstić information content (AvgIpc) is 2.88. The predicted octanol–water partition coefficient (Wildman–Crippen LogP) is 0.505. The standard InChI is InChI=1S/C13H15N3O3S/c1-9-7-10(8-14)4-5-12(9)20(18,19)16-6-2-3-11(16)13(15)17/h4-5,7,11H,2-3,6H2,1H3,(H2,15,17). The lowest BCUT2D eigenvalue weighted by Crippen LogP contribution is -2.43. The fourth-order valence-corrected chi connectivity index (χ4v) is 4.32. The molecule has 0 aromatic heterocycles. The van der Waals surface area contributed by atoms with Gasteiger partial charge in [0.05, 0.1) is 16.5 Å². The maximum Gasteiger partial charge on any atom is 0.244 e. The van der Waals surface area contributed by atoms with Gasteiger partial charge in [-0.25, -0.2) is 8.42 Å². The SMILES string of the molecule is Cc1cc(C#N)ccc1S(=O)(=O)N1CCCC1C(N)=O. The smallest absolute Gasteiger partial charge is 0.244 e. The number of hydrogen-bond acceptors (Lipinski definition) is 4. The Bertz CT molecular complexity index is 691. The van der Waals surface area contributed by atoms with Crippen molar-refractivity contribution in [3.63, 3.8) is 0 Å². The Morgan fingerprint density at radius 2 is 2.20 bits per heavy atom. The quantitative estimate of drug-likeness (QED) is 0.876. The largest absolute Gasteiger partial charge is 0.368 e. The van der Waals surface area contributed by atoms with Gasteiger partial charge in [0.2, 0.25) is 15.9 Å². The number of benzene rings is 1. The van der Waals surface area contributed by atoms with E-state index in [2.05, 4.69) is 0 Å². The summed E-state index contributed by atoms with van der Waals surface area (Å²) in [6.45, 7) is 1.92. The summed E-state index contributed by atoms with van der Waals surface area (Å²) in [4.78, 5) is 11.5. The lowest BCUT2D eigenvalue weighted by atomic mass is 10.2. The van der Waals surface area contributed by atoms with Crippen LogP contribution in [-0.4, -0.2) is 31.2 Å². The Balaban J connectivity index is 2.46. The molecule has 0 bridgehead atoms. The first kappa shape index (κ1) is 14.5. The lowest BCUT2D eigenvalue weighted by molar-refractivity contribution is -0.121. The molecule has 1 atom stereocenters. The van der Waals surface area contributed by atoms with Crippen LogP contribution in [0.5, 0.6) is 0 Å². The van der Waals surface area contributed by atoms with Crippen LogP contribution in [0.3, 0.4) is 0 Å². The monoisotopic (exact) mass is 293 g/mol. The Kier molecular flexibility index (Phi) is 3.79. The van der Waals surface area contributed by atoms with Gasteiger partial charge in [-0.15, -0.1) is 0 Å². The maximum atomic E-state index is 12.6. The van der Waals surface area contributed by atoms with Gasteiger partial charge in [-0.1, -0.05) is 0 Å². The summed E-state index contributed by atoms with van der Waals surface area (Å²) in [6.07, 6.45) is 1.06. The van der Waals surface area contributed by atoms with Crippen LogP contribution in [0.1, 0.15) is 24.0 Å². The molecule has 1 unspecified atom stereocenters. The second-order valence-electron chi connectivity index (χ2n) is 4.77. The van der Waals surface area contributed by atoms with Crippen LogP contribution in [0.15, 0.2) is 23.1 Å². The third kappa shape index (κ3) is 2.40. The van der Waals surface area contributed by atoms with Gasteiger partial charge >= 0.3 is 0 Å². The minimum atomic E-state index is -3.77. The van der Waals surface area contributed by atoms with Crippen molar-refractivity contribution in [1.29, 1.82) is 5.26 Å². The van der Waals surface area contributed by atoms with E-state index in [1.54, 1.807) is 6.92 Å². The van der Waals surface area contributed by atoms with Crippen LogP contribution in [-0.2, 0) is 14.8 Å². The zero-order valence-electron chi connectivity index (χ0n) is 11.0. The minimum Gasteiger partial charge on any atom is -0.368 e. The van der Waals surface area contributed by atoms with Gasteiger partial charge in [0.25, 0.3) is 0 Å². The number of amides is 1. The molecule has 0 aliphatic carbocycles. The van der Waals surface area contributed by atoms with E-state index in [1.807, 2.05) is 6.07 Å². The van der Waals surface area contributed by atoms with E-state index in [9.17, 15) is 13.2 Å². The number of hydrogen-bond donors (Lipinski definition) is 1. The molecular formula is C13H15N3O3S. The van der Waals surface area contributed by atoms with Crippen molar-refractivity contribution in [2.75, 3.05) is 6.54 Å². The van der Waals surface area contributed by atoms with Crippen molar-refractivity contribution < 1.29 is 13.2 Å². The first-order chi connectivity index (χ1) is 9.37. The van der Waals surface area contributed by atoms with Crippen LogP contribution in [0.2, 0.25) is 0 Å². The molecule has 1 aliphatic rings. The highest BCUT2D eigenvalue weighted by Crippen LogP contribution is 2.28. The highest BCUT2D eigenvalue weighted by Gasteiger charge is 2.38. The van der Waals surface area contributed by atoms with E-state index >= 15 is 0 Å². The third-order valence-corrected chi connectivity index (χ3v) is 5.49. The molecule has 1 heterocycles. The summed E-state index contributed by atoms with van der Waals surface area (Å²) in [7, 11) is -3.77. The molecule has 1 saturated heterocycles. The number of nitriles is 1. The molecule has 1 aromatic carbocycles. The molecule has 0 saturated carbocycles. The van der Waals surface area contributed by atoms with Crippen LogP contribution < -0.4 is 5.73 Å². The van der Waals surface area contributed by atoms with Gasteiger partial charge in [0.1, 0.15) is 6.04 Å². The Labute approximate surface area is 117 Å². The molecule has 1 fully saturated rings. The van der Waals surface area contributed by atoms with Crippen molar-refractivity contribution in [2.45, 2.75) is 30.7 Å². The first-order valence-corrected chi connectivity index (χ1v) is 7.64. The number of rotatable bonds is 3.